The second kappa shape index (κ2) is 45.0. The SMILES string of the molecule is C=CC(=O)CC.CC.CC.CC.CC#CC(=O)CC.CCC(=O)/C=C/CN(C)C. The molecule has 0 aliphatic heterocycles. The summed E-state index contributed by atoms with van der Waals surface area (Å²) in [7, 11) is 3.95. The molecule has 0 saturated carbocycles. The van der Waals surface area contributed by atoms with E-state index in [4.69, 9.17) is 0 Å². The van der Waals surface area contributed by atoms with Gasteiger partial charge in [-0.15, -0.1) is 0 Å². The number of rotatable bonds is 7. The maximum Gasteiger partial charge on any atom is 0.205 e. The van der Waals surface area contributed by atoms with Gasteiger partial charge in [0.2, 0.25) is 5.78 Å². The van der Waals surface area contributed by atoms with Crippen molar-refractivity contribution in [2.45, 2.75) is 88.5 Å². The normalized spacial score (nSPS) is 7.62. The molecule has 0 N–H and O–H groups in total. The van der Waals surface area contributed by atoms with Crippen molar-refractivity contribution >= 4 is 17.3 Å². The van der Waals surface area contributed by atoms with Crippen molar-refractivity contribution in [2.24, 2.45) is 0 Å². The molecule has 4 nitrogen and oxygen atoms in total. The van der Waals surface area contributed by atoms with E-state index in [1.165, 1.54) is 6.08 Å². The van der Waals surface area contributed by atoms with Gasteiger partial charge in [-0.3, -0.25) is 14.4 Å². The highest BCUT2D eigenvalue weighted by Crippen LogP contribution is 1.84. The van der Waals surface area contributed by atoms with Crippen LogP contribution < -0.4 is 0 Å². The highest BCUT2D eigenvalue weighted by atomic mass is 16.1. The van der Waals surface area contributed by atoms with Gasteiger partial charge in [-0.1, -0.05) is 80.9 Å². The number of carbonyl (C=O) groups excluding carboxylic acids is 3. The molecule has 0 atom stereocenters. The first-order valence-electron chi connectivity index (χ1n) is 10.7. The van der Waals surface area contributed by atoms with Crippen LogP contribution in [0.4, 0.5) is 0 Å². The Bertz CT molecular complexity index is 439. The fourth-order valence-electron chi connectivity index (χ4n) is 0.885. The van der Waals surface area contributed by atoms with Crippen LogP contribution in [0.2, 0.25) is 0 Å². The Hall–Kier alpha value is -1.99. The number of likely N-dealkylation sites (N-methyl/N-ethyl adjacent to an activating group) is 1. The Labute approximate surface area is 182 Å². The van der Waals surface area contributed by atoms with E-state index in [1.54, 1.807) is 19.9 Å². The van der Waals surface area contributed by atoms with Crippen LogP contribution in [-0.2, 0) is 14.4 Å². The van der Waals surface area contributed by atoms with E-state index < -0.39 is 0 Å². The second-order valence-corrected chi connectivity index (χ2v) is 4.66. The van der Waals surface area contributed by atoms with Crippen LogP contribution >= 0.6 is 0 Å². The monoisotopic (exact) mass is 411 g/mol. The van der Waals surface area contributed by atoms with E-state index in [9.17, 15) is 14.4 Å². The third-order valence-corrected chi connectivity index (χ3v) is 2.28. The molecule has 0 heterocycles. The minimum absolute atomic E-state index is 0.0162. The molecule has 0 spiro atoms. The third kappa shape index (κ3) is 66.6. The van der Waals surface area contributed by atoms with Crippen LogP contribution in [0.15, 0.2) is 24.8 Å². The summed E-state index contributed by atoms with van der Waals surface area (Å²) in [5.41, 5.74) is 0. The van der Waals surface area contributed by atoms with E-state index in [1.807, 2.05) is 80.5 Å². The van der Waals surface area contributed by atoms with E-state index in [-0.39, 0.29) is 17.3 Å². The van der Waals surface area contributed by atoms with Gasteiger partial charge in [0.05, 0.1) is 0 Å². The van der Waals surface area contributed by atoms with Crippen molar-refractivity contribution in [1.29, 1.82) is 0 Å². The first-order valence-corrected chi connectivity index (χ1v) is 10.7. The van der Waals surface area contributed by atoms with Crippen LogP contribution in [0.3, 0.4) is 0 Å². The Morgan fingerprint density at radius 3 is 1.41 bits per heavy atom. The molecule has 0 aliphatic rings. The van der Waals surface area contributed by atoms with Crippen molar-refractivity contribution in [3.63, 3.8) is 0 Å². The maximum absolute atomic E-state index is 10.7. The van der Waals surface area contributed by atoms with Gasteiger partial charge in [0, 0.05) is 25.8 Å². The average molecular weight is 412 g/mol. The van der Waals surface area contributed by atoms with Crippen molar-refractivity contribution < 1.29 is 14.4 Å². The molecule has 0 unspecified atom stereocenters. The van der Waals surface area contributed by atoms with E-state index in [0.717, 1.165) is 6.54 Å². The van der Waals surface area contributed by atoms with Gasteiger partial charge in [-0.2, -0.15) is 0 Å². The molecule has 172 valence electrons. The first-order chi connectivity index (χ1) is 13.8. The highest BCUT2D eigenvalue weighted by Gasteiger charge is 1.88. The minimum atomic E-state index is 0.0162. The molecule has 0 radical (unpaired) electrons. The Morgan fingerprint density at radius 1 is 0.828 bits per heavy atom. The van der Waals surface area contributed by atoms with Gasteiger partial charge in [-0.05, 0) is 39.1 Å². The van der Waals surface area contributed by atoms with Gasteiger partial charge < -0.3 is 4.90 Å². The summed E-state index contributed by atoms with van der Waals surface area (Å²) in [6.45, 7) is 23.3. The van der Waals surface area contributed by atoms with Gasteiger partial charge in [0.15, 0.2) is 11.6 Å². The molecule has 0 aliphatic carbocycles. The molecule has 29 heavy (non-hydrogen) atoms. The molecule has 0 aromatic carbocycles. The molecule has 0 amide bonds. The number of ketones is 3. The topological polar surface area (TPSA) is 54.5 Å². The standard InChI is InChI=1S/C8H15NO.C6H8O.C5H8O.3C2H6/c1-4-8(10)6-5-7-9(2)3;1-3-5-6(7)4-2;1-3-5(6)4-2;3*1-2/h5-6H,4,7H2,1-3H3;4H2,1-2H3;3H,1,4H2,2H3;3*1-2H3/b6-5+;;;;;. The predicted molar refractivity (Wildman–Crippen MR) is 131 cm³/mol. The summed E-state index contributed by atoms with van der Waals surface area (Å²) >= 11 is 0. The number of allylic oxidation sites excluding steroid dienone is 2. The number of nitrogens with zero attached hydrogens (tertiary/aromatic N) is 1. The molecule has 0 bridgehead atoms. The van der Waals surface area contributed by atoms with Gasteiger partial charge in [-0.25, -0.2) is 0 Å². The van der Waals surface area contributed by atoms with Gasteiger partial charge in [0.25, 0.3) is 0 Å². The van der Waals surface area contributed by atoms with E-state index in [2.05, 4.69) is 18.4 Å². The fourth-order valence-corrected chi connectivity index (χ4v) is 0.885. The van der Waals surface area contributed by atoms with Crippen molar-refractivity contribution in [2.75, 3.05) is 20.6 Å². The number of hydrogen-bond donors (Lipinski definition) is 0. The Balaban J connectivity index is -0.0000000618. The van der Waals surface area contributed by atoms with Crippen molar-refractivity contribution in [1.82, 2.24) is 4.90 Å². The van der Waals surface area contributed by atoms with Crippen LogP contribution in [0.25, 0.3) is 0 Å². The Kier molecular flexibility index (Phi) is 64.3. The quantitative estimate of drug-likeness (QED) is 0.280. The zero-order valence-corrected chi connectivity index (χ0v) is 21.4. The zero-order chi connectivity index (χ0) is 24.7. The number of hydrogen-bond acceptors (Lipinski definition) is 4. The van der Waals surface area contributed by atoms with Gasteiger partial charge >= 0.3 is 0 Å². The summed E-state index contributed by atoms with van der Waals surface area (Å²) in [6.07, 6.45) is 6.56. The lowest BCUT2D eigenvalue weighted by Gasteiger charge is -2.02. The number of carbonyl (C=O) groups is 3. The van der Waals surface area contributed by atoms with Crippen molar-refractivity contribution in [3.8, 4) is 11.8 Å². The van der Waals surface area contributed by atoms with Crippen LogP contribution in [-0.4, -0.2) is 42.9 Å². The summed E-state index contributed by atoms with van der Waals surface area (Å²) in [6, 6.07) is 0. The molecule has 0 rings (SSSR count). The van der Waals surface area contributed by atoms with Crippen LogP contribution in [0, 0.1) is 11.8 Å². The van der Waals surface area contributed by atoms with E-state index >= 15 is 0 Å². The smallest absolute Gasteiger partial charge is 0.205 e. The summed E-state index contributed by atoms with van der Waals surface area (Å²) in [5, 5.41) is 0. The molecular weight excluding hydrogens is 362 g/mol. The van der Waals surface area contributed by atoms with Crippen LogP contribution in [0.5, 0.6) is 0 Å². The lowest BCUT2D eigenvalue weighted by molar-refractivity contribution is -0.115. The fraction of sp³-hybridized carbons (Fsp3) is 0.640. The average Bonchev–Trinajstić information content (AvgIpc) is 2.77. The summed E-state index contributed by atoms with van der Waals surface area (Å²) in [4.78, 5) is 33.0. The molecule has 4 heteroatoms. The maximum atomic E-state index is 10.7. The molecule has 0 aromatic rings. The highest BCUT2D eigenvalue weighted by molar-refractivity contribution is 5.95. The second-order valence-electron chi connectivity index (χ2n) is 4.66. The summed E-state index contributed by atoms with van der Waals surface area (Å²) < 4.78 is 0. The van der Waals surface area contributed by atoms with Gasteiger partial charge in [0.1, 0.15) is 0 Å². The third-order valence-electron chi connectivity index (χ3n) is 2.28. The van der Waals surface area contributed by atoms with Crippen LogP contribution in [0.1, 0.15) is 88.5 Å². The predicted octanol–water partition coefficient (Wildman–Crippen LogP) is 6.30. The number of Topliss-reactive ketones (excluding diaryl/α,β-unsaturated/α-hetero) is 1. The molecular formula is C25H49NO3. The largest absolute Gasteiger partial charge is 0.306 e. The van der Waals surface area contributed by atoms with Crippen molar-refractivity contribution in [3.05, 3.63) is 24.8 Å². The lowest BCUT2D eigenvalue weighted by Crippen LogP contribution is -2.10. The molecule has 0 aromatic heterocycles. The molecule has 0 saturated heterocycles. The van der Waals surface area contributed by atoms with E-state index in [0.29, 0.717) is 19.3 Å². The zero-order valence-electron chi connectivity index (χ0n) is 21.4. The summed E-state index contributed by atoms with van der Waals surface area (Å²) in [5.74, 6) is 5.24. The first kappa shape index (κ1) is 41.4. The Morgan fingerprint density at radius 2 is 1.24 bits per heavy atom. The molecule has 0 fully saturated rings. The minimum Gasteiger partial charge on any atom is -0.306 e. The lowest BCUT2D eigenvalue weighted by atomic mass is 10.3.